The number of primary amides is 1. The van der Waals surface area contributed by atoms with Crippen molar-refractivity contribution in [2.75, 3.05) is 0 Å². The summed E-state index contributed by atoms with van der Waals surface area (Å²) in [4.78, 5) is 11.3. The van der Waals surface area contributed by atoms with Crippen molar-refractivity contribution in [1.82, 2.24) is 15.0 Å². The van der Waals surface area contributed by atoms with Crippen molar-refractivity contribution >= 4 is 5.91 Å². The molecule has 17 heavy (non-hydrogen) atoms. The molecule has 1 aliphatic rings. The molecule has 0 atom stereocenters. The van der Waals surface area contributed by atoms with E-state index in [9.17, 15) is 4.79 Å². The highest BCUT2D eigenvalue weighted by atomic mass is 16.1. The first kappa shape index (κ1) is 12.1. The fourth-order valence-corrected chi connectivity index (χ4v) is 1.89. The zero-order valence-electron chi connectivity index (χ0n) is 10.5. The van der Waals surface area contributed by atoms with Crippen molar-refractivity contribution in [2.45, 2.75) is 46.1 Å². The lowest BCUT2D eigenvalue weighted by Gasteiger charge is -2.08. The molecule has 94 valence electrons. The van der Waals surface area contributed by atoms with E-state index in [4.69, 9.17) is 5.73 Å². The minimum absolute atomic E-state index is 0.353. The van der Waals surface area contributed by atoms with Crippen molar-refractivity contribution in [1.29, 1.82) is 0 Å². The van der Waals surface area contributed by atoms with Gasteiger partial charge in [-0.2, -0.15) is 0 Å². The standard InChI is InChI=1S/C12H20N4O/c1-8(2)3-6-10-11(12(13)17)14-15-16(10)7-9-4-5-9/h8-9H,3-7H2,1-2H3,(H2,13,17). The Morgan fingerprint density at radius 3 is 2.76 bits per heavy atom. The first-order valence-electron chi connectivity index (χ1n) is 6.30. The predicted octanol–water partition coefficient (Wildman–Crippen LogP) is 1.38. The molecule has 2 rings (SSSR count). The molecule has 5 heteroatoms. The van der Waals surface area contributed by atoms with Crippen LogP contribution in [-0.4, -0.2) is 20.9 Å². The number of amides is 1. The quantitative estimate of drug-likeness (QED) is 0.810. The minimum atomic E-state index is -0.467. The van der Waals surface area contributed by atoms with Crippen molar-refractivity contribution in [3.8, 4) is 0 Å². The fraction of sp³-hybridized carbons (Fsp3) is 0.750. The number of rotatable bonds is 6. The summed E-state index contributed by atoms with van der Waals surface area (Å²) in [7, 11) is 0. The highest BCUT2D eigenvalue weighted by Gasteiger charge is 2.25. The molecule has 0 spiro atoms. The van der Waals surface area contributed by atoms with E-state index >= 15 is 0 Å². The van der Waals surface area contributed by atoms with Crippen LogP contribution in [0, 0.1) is 11.8 Å². The van der Waals surface area contributed by atoms with Crippen LogP contribution < -0.4 is 5.73 Å². The van der Waals surface area contributed by atoms with Crippen molar-refractivity contribution in [3.63, 3.8) is 0 Å². The molecule has 0 bridgehead atoms. The Balaban J connectivity index is 2.15. The van der Waals surface area contributed by atoms with Crippen LogP contribution >= 0.6 is 0 Å². The highest BCUT2D eigenvalue weighted by molar-refractivity contribution is 5.91. The molecule has 0 unspecified atom stereocenters. The van der Waals surface area contributed by atoms with E-state index in [0.717, 1.165) is 31.0 Å². The van der Waals surface area contributed by atoms with Gasteiger partial charge in [-0.1, -0.05) is 19.1 Å². The van der Waals surface area contributed by atoms with Crippen molar-refractivity contribution < 1.29 is 4.79 Å². The summed E-state index contributed by atoms with van der Waals surface area (Å²) >= 11 is 0. The molecule has 1 saturated carbocycles. The Bertz CT molecular complexity index is 407. The van der Waals surface area contributed by atoms with Gasteiger partial charge < -0.3 is 5.73 Å². The lowest BCUT2D eigenvalue weighted by Crippen LogP contribution is -2.16. The van der Waals surface area contributed by atoms with Crippen LogP contribution in [0.4, 0.5) is 0 Å². The van der Waals surface area contributed by atoms with Gasteiger partial charge >= 0.3 is 0 Å². The van der Waals surface area contributed by atoms with Gasteiger partial charge in [0.2, 0.25) is 0 Å². The Morgan fingerprint density at radius 2 is 2.24 bits per heavy atom. The molecular weight excluding hydrogens is 216 g/mol. The van der Waals surface area contributed by atoms with Crippen LogP contribution in [0.3, 0.4) is 0 Å². The predicted molar refractivity (Wildman–Crippen MR) is 64.4 cm³/mol. The summed E-state index contributed by atoms with van der Waals surface area (Å²) in [5, 5.41) is 7.97. The molecule has 1 amide bonds. The largest absolute Gasteiger partial charge is 0.364 e. The molecule has 0 saturated heterocycles. The molecule has 0 radical (unpaired) electrons. The second-order valence-corrected chi connectivity index (χ2v) is 5.31. The monoisotopic (exact) mass is 236 g/mol. The van der Waals surface area contributed by atoms with E-state index in [1.165, 1.54) is 12.8 Å². The summed E-state index contributed by atoms with van der Waals surface area (Å²) in [5.41, 5.74) is 6.59. The number of hydrogen-bond acceptors (Lipinski definition) is 3. The van der Waals surface area contributed by atoms with Crippen LogP contribution in [0.15, 0.2) is 0 Å². The van der Waals surface area contributed by atoms with E-state index in [1.54, 1.807) is 0 Å². The molecule has 5 nitrogen and oxygen atoms in total. The Morgan fingerprint density at radius 1 is 1.53 bits per heavy atom. The average Bonchev–Trinajstić information content (AvgIpc) is 2.95. The topological polar surface area (TPSA) is 73.8 Å². The van der Waals surface area contributed by atoms with Gasteiger partial charge in [0.15, 0.2) is 5.69 Å². The Labute approximate surface area is 101 Å². The van der Waals surface area contributed by atoms with Crippen LogP contribution in [0.2, 0.25) is 0 Å². The first-order valence-corrected chi connectivity index (χ1v) is 6.30. The molecule has 0 aromatic carbocycles. The summed E-state index contributed by atoms with van der Waals surface area (Å²) < 4.78 is 1.88. The van der Waals surface area contributed by atoms with E-state index in [-0.39, 0.29) is 0 Å². The number of hydrogen-bond donors (Lipinski definition) is 1. The average molecular weight is 236 g/mol. The molecular formula is C12H20N4O. The molecule has 1 aromatic heterocycles. The third-order valence-corrected chi connectivity index (χ3v) is 3.16. The van der Waals surface area contributed by atoms with Gasteiger partial charge in [-0.25, -0.2) is 4.68 Å². The van der Waals surface area contributed by atoms with Gasteiger partial charge in [0, 0.05) is 6.54 Å². The number of carbonyl (C=O) groups excluding carboxylic acids is 1. The second-order valence-electron chi connectivity index (χ2n) is 5.31. The fourth-order valence-electron chi connectivity index (χ4n) is 1.89. The maximum absolute atomic E-state index is 11.3. The molecule has 1 aromatic rings. The maximum atomic E-state index is 11.3. The molecule has 2 N–H and O–H groups in total. The van der Waals surface area contributed by atoms with Gasteiger partial charge in [0.05, 0.1) is 5.69 Å². The zero-order chi connectivity index (χ0) is 12.4. The van der Waals surface area contributed by atoms with Gasteiger partial charge in [-0.15, -0.1) is 5.10 Å². The second kappa shape index (κ2) is 4.85. The normalized spacial score (nSPS) is 15.5. The number of carbonyl (C=O) groups is 1. The third-order valence-electron chi connectivity index (χ3n) is 3.16. The number of aromatic nitrogens is 3. The minimum Gasteiger partial charge on any atom is -0.364 e. The van der Waals surface area contributed by atoms with Crippen LogP contribution in [-0.2, 0) is 13.0 Å². The summed E-state index contributed by atoms with van der Waals surface area (Å²) in [6.07, 6.45) is 4.37. The summed E-state index contributed by atoms with van der Waals surface area (Å²) in [5.74, 6) is 0.848. The van der Waals surface area contributed by atoms with Crippen LogP contribution in [0.25, 0.3) is 0 Å². The van der Waals surface area contributed by atoms with Crippen LogP contribution in [0.5, 0.6) is 0 Å². The lowest BCUT2D eigenvalue weighted by atomic mass is 10.1. The van der Waals surface area contributed by atoms with E-state index < -0.39 is 5.91 Å². The van der Waals surface area contributed by atoms with Crippen LogP contribution in [0.1, 0.15) is 49.3 Å². The van der Waals surface area contributed by atoms with Gasteiger partial charge in [0.25, 0.3) is 5.91 Å². The number of nitrogens with zero attached hydrogens (tertiary/aromatic N) is 3. The van der Waals surface area contributed by atoms with E-state index in [1.807, 2.05) is 4.68 Å². The van der Waals surface area contributed by atoms with Gasteiger partial charge in [-0.05, 0) is 37.5 Å². The molecule has 1 heterocycles. The molecule has 0 aliphatic heterocycles. The third kappa shape index (κ3) is 3.05. The molecule has 1 fully saturated rings. The lowest BCUT2D eigenvalue weighted by molar-refractivity contribution is 0.0994. The Hall–Kier alpha value is -1.39. The summed E-state index contributed by atoms with van der Waals surface area (Å²) in [6, 6.07) is 0. The van der Waals surface area contributed by atoms with E-state index in [2.05, 4.69) is 24.2 Å². The first-order chi connectivity index (χ1) is 8.08. The van der Waals surface area contributed by atoms with Crippen molar-refractivity contribution in [3.05, 3.63) is 11.4 Å². The SMILES string of the molecule is CC(C)CCc1c(C(N)=O)nnn1CC1CC1. The maximum Gasteiger partial charge on any atom is 0.271 e. The summed E-state index contributed by atoms with van der Waals surface area (Å²) in [6.45, 7) is 5.21. The molecule has 1 aliphatic carbocycles. The highest BCUT2D eigenvalue weighted by Crippen LogP contribution is 2.31. The number of nitrogens with two attached hydrogens (primary N) is 1. The van der Waals surface area contributed by atoms with E-state index in [0.29, 0.717) is 11.6 Å². The Kier molecular flexibility index (Phi) is 3.45. The smallest absolute Gasteiger partial charge is 0.271 e. The van der Waals surface area contributed by atoms with Gasteiger partial charge in [0.1, 0.15) is 0 Å². The van der Waals surface area contributed by atoms with Crippen molar-refractivity contribution in [2.24, 2.45) is 17.6 Å². The van der Waals surface area contributed by atoms with Gasteiger partial charge in [-0.3, -0.25) is 4.79 Å². The zero-order valence-corrected chi connectivity index (χ0v) is 10.5.